The summed E-state index contributed by atoms with van der Waals surface area (Å²) in [6.07, 6.45) is 0.491. The molecule has 0 bridgehead atoms. The first-order valence-corrected chi connectivity index (χ1v) is 1.84. The highest BCUT2D eigenvalue weighted by Gasteiger charge is 2.36. The van der Waals surface area contributed by atoms with Crippen LogP contribution in [-0.2, 0) is 4.79 Å². The molecule has 0 aromatic heterocycles. The van der Waals surface area contributed by atoms with Crippen LogP contribution in [0.2, 0.25) is 0 Å². The SMILES string of the molecule is O=CC1C(O)=C1O. The van der Waals surface area contributed by atoms with E-state index < -0.39 is 5.92 Å². The fourth-order valence-corrected chi connectivity index (χ4v) is 0.345. The third kappa shape index (κ3) is 0.374. The Morgan fingerprint density at radius 1 is 1.43 bits per heavy atom. The average molecular weight is 100 g/mol. The molecule has 1 aliphatic carbocycles. The Morgan fingerprint density at radius 2 is 1.86 bits per heavy atom. The maximum atomic E-state index is 9.63. The Bertz CT molecular complexity index is 124. The Balaban J connectivity index is 2.52. The van der Waals surface area contributed by atoms with Gasteiger partial charge in [-0.3, -0.25) is 0 Å². The normalized spacial score (nSPS) is 20.0. The van der Waals surface area contributed by atoms with Crippen LogP contribution >= 0.6 is 0 Å². The van der Waals surface area contributed by atoms with E-state index in [-0.39, 0.29) is 11.5 Å². The maximum absolute atomic E-state index is 9.63. The number of hydrogen-bond donors (Lipinski definition) is 2. The molecule has 0 saturated carbocycles. The number of allylic oxidation sites excluding steroid dienone is 2. The van der Waals surface area contributed by atoms with Crippen LogP contribution in [0.5, 0.6) is 0 Å². The first kappa shape index (κ1) is 4.18. The fraction of sp³-hybridized carbons (Fsp3) is 0.250. The van der Waals surface area contributed by atoms with Crippen LogP contribution in [0.1, 0.15) is 0 Å². The largest absolute Gasteiger partial charge is 0.508 e. The van der Waals surface area contributed by atoms with E-state index in [2.05, 4.69) is 0 Å². The van der Waals surface area contributed by atoms with Gasteiger partial charge in [-0.1, -0.05) is 0 Å². The highest BCUT2D eigenvalue weighted by Crippen LogP contribution is 2.31. The third-order valence-electron chi connectivity index (χ3n) is 0.904. The van der Waals surface area contributed by atoms with Crippen LogP contribution in [0, 0.1) is 5.92 Å². The quantitative estimate of drug-likeness (QED) is 0.461. The first-order chi connectivity index (χ1) is 3.27. The number of aliphatic hydroxyl groups is 2. The Labute approximate surface area is 39.9 Å². The van der Waals surface area contributed by atoms with E-state index >= 15 is 0 Å². The van der Waals surface area contributed by atoms with Gasteiger partial charge >= 0.3 is 0 Å². The number of aldehydes is 1. The molecule has 0 atom stereocenters. The summed E-state index contributed by atoms with van der Waals surface area (Å²) in [5, 5.41) is 16.6. The molecule has 0 saturated heterocycles. The number of carbonyl (C=O) groups is 1. The van der Waals surface area contributed by atoms with E-state index in [4.69, 9.17) is 10.2 Å². The van der Waals surface area contributed by atoms with Crippen molar-refractivity contribution in [2.45, 2.75) is 0 Å². The van der Waals surface area contributed by atoms with E-state index in [9.17, 15) is 4.79 Å². The van der Waals surface area contributed by atoms with Crippen LogP contribution < -0.4 is 0 Å². The van der Waals surface area contributed by atoms with E-state index in [1.807, 2.05) is 0 Å². The molecule has 0 spiro atoms. The van der Waals surface area contributed by atoms with Gasteiger partial charge in [-0.05, 0) is 0 Å². The van der Waals surface area contributed by atoms with Gasteiger partial charge in [0.05, 0.1) is 0 Å². The smallest absolute Gasteiger partial charge is 0.149 e. The molecule has 38 valence electrons. The monoisotopic (exact) mass is 100 g/mol. The second-order valence-corrected chi connectivity index (χ2v) is 1.38. The zero-order valence-corrected chi connectivity index (χ0v) is 3.46. The van der Waals surface area contributed by atoms with Crippen LogP contribution in [0.25, 0.3) is 0 Å². The lowest BCUT2D eigenvalue weighted by atomic mass is 10.4. The summed E-state index contributed by atoms with van der Waals surface area (Å²) in [6, 6.07) is 0. The third-order valence-corrected chi connectivity index (χ3v) is 0.904. The van der Waals surface area contributed by atoms with Crippen LogP contribution in [-0.4, -0.2) is 16.5 Å². The van der Waals surface area contributed by atoms with Crippen molar-refractivity contribution >= 4 is 6.29 Å². The lowest BCUT2D eigenvalue weighted by Crippen LogP contribution is -1.81. The molecule has 7 heavy (non-hydrogen) atoms. The van der Waals surface area contributed by atoms with Crippen molar-refractivity contribution in [1.29, 1.82) is 0 Å². The van der Waals surface area contributed by atoms with Crippen molar-refractivity contribution in [2.24, 2.45) is 5.92 Å². The summed E-state index contributed by atoms with van der Waals surface area (Å²) in [4.78, 5) is 9.63. The molecule has 0 radical (unpaired) electrons. The molecule has 0 aliphatic heterocycles. The average Bonchev–Trinajstić information content (AvgIpc) is 2.17. The molecule has 1 rings (SSSR count). The van der Waals surface area contributed by atoms with Crippen LogP contribution in [0.3, 0.4) is 0 Å². The lowest BCUT2D eigenvalue weighted by molar-refractivity contribution is -0.109. The second-order valence-electron chi connectivity index (χ2n) is 1.38. The minimum Gasteiger partial charge on any atom is -0.508 e. The van der Waals surface area contributed by atoms with Crippen molar-refractivity contribution in [3.05, 3.63) is 11.5 Å². The van der Waals surface area contributed by atoms with Crippen LogP contribution in [0.15, 0.2) is 11.5 Å². The number of hydrogen-bond acceptors (Lipinski definition) is 3. The second kappa shape index (κ2) is 0.992. The number of rotatable bonds is 1. The zero-order chi connectivity index (χ0) is 5.44. The van der Waals surface area contributed by atoms with E-state index in [1.165, 1.54) is 0 Å². The maximum Gasteiger partial charge on any atom is 0.149 e. The molecule has 2 N–H and O–H groups in total. The van der Waals surface area contributed by atoms with E-state index in [0.717, 1.165) is 0 Å². The van der Waals surface area contributed by atoms with Crippen molar-refractivity contribution < 1.29 is 15.0 Å². The summed E-state index contributed by atoms with van der Waals surface area (Å²) in [7, 11) is 0. The molecule has 0 aromatic carbocycles. The van der Waals surface area contributed by atoms with Gasteiger partial charge in [0, 0.05) is 0 Å². The Morgan fingerprint density at radius 3 is 1.86 bits per heavy atom. The molecule has 3 nitrogen and oxygen atoms in total. The predicted molar refractivity (Wildman–Crippen MR) is 21.8 cm³/mol. The summed E-state index contributed by atoms with van der Waals surface area (Å²) in [6.45, 7) is 0. The molecule has 0 amide bonds. The van der Waals surface area contributed by atoms with Crippen molar-refractivity contribution in [1.82, 2.24) is 0 Å². The molecule has 3 heteroatoms. The lowest BCUT2D eigenvalue weighted by Gasteiger charge is -1.70. The van der Waals surface area contributed by atoms with Gasteiger partial charge in [0.15, 0.2) is 0 Å². The van der Waals surface area contributed by atoms with Gasteiger partial charge in [0.1, 0.15) is 23.7 Å². The van der Waals surface area contributed by atoms with E-state index in [0.29, 0.717) is 6.29 Å². The standard InChI is InChI=1S/C4H4O3/c5-1-2-3(6)4(2)7/h1-2,6-7H. The van der Waals surface area contributed by atoms with Gasteiger partial charge in [-0.2, -0.15) is 0 Å². The molecule has 0 aromatic rings. The van der Waals surface area contributed by atoms with Gasteiger partial charge < -0.3 is 15.0 Å². The fourth-order valence-electron chi connectivity index (χ4n) is 0.345. The topological polar surface area (TPSA) is 57.5 Å². The summed E-state index contributed by atoms with van der Waals surface area (Å²) in [5.74, 6) is -1.04. The minimum atomic E-state index is -0.667. The zero-order valence-electron chi connectivity index (χ0n) is 3.46. The summed E-state index contributed by atoms with van der Waals surface area (Å²) in [5.41, 5.74) is 0. The van der Waals surface area contributed by atoms with Crippen LogP contribution in [0.4, 0.5) is 0 Å². The van der Waals surface area contributed by atoms with Gasteiger partial charge in [-0.15, -0.1) is 0 Å². The first-order valence-electron chi connectivity index (χ1n) is 1.84. The Kier molecular flexibility index (Phi) is 0.592. The van der Waals surface area contributed by atoms with Gasteiger partial charge in [0.2, 0.25) is 0 Å². The van der Waals surface area contributed by atoms with Gasteiger partial charge in [-0.25, -0.2) is 0 Å². The number of carbonyl (C=O) groups excluding carboxylic acids is 1. The predicted octanol–water partition coefficient (Wildman–Crippen LogP) is 0.143. The molecule has 1 aliphatic rings. The van der Waals surface area contributed by atoms with Gasteiger partial charge in [0.25, 0.3) is 0 Å². The summed E-state index contributed by atoms with van der Waals surface area (Å²) >= 11 is 0. The summed E-state index contributed by atoms with van der Waals surface area (Å²) < 4.78 is 0. The molecule has 0 unspecified atom stereocenters. The molecular formula is C4H4O3. The van der Waals surface area contributed by atoms with E-state index in [1.54, 1.807) is 0 Å². The van der Waals surface area contributed by atoms with Crippen molar-refractivity contribution in [3.63, 3.8) is 0 Å². The minimum absolute atomic E-state index is 0.185. The van der Waals surface area contributed by atoms with Crippen molar-refractivity contribution in [3.8, 4) is 0 Å². The number of aliphatic hydroxyl groups excluding tert-OH is 2. The molecule has 0 heterocycles. The molecule has 0 fully saturated rings. The highest BCUT2D eigenvalue weighted by atomic mass is 16.3. The Hall–Kier alpha value is -0.990. The molecular weight excluding hydrogens is 96.0 g/mol. The highest BCUT2D eigenvalue weighted by molar-refractivity contribution is 5.69. The van der Waals surface area contributed by atoms with Crippen molar-refractivity contribution in [2.75, 3.05) is 0 Å².